The third-order valence-electron chi connectivity index (χ3n) is 1.99. The number of oxazole rings is 1. The maximum absolute atomic E-state index is 11.1. The SMILES string of the molecule is CCC(=O)Oc1ccc2oc(C)nc2c1. The first-order valence-electron chi connectivity index (χ1n) is 4.77. The Kier molecular flexibility index (Phi) is 2.41. The molecule has 0 amide bonds. The van der Waals surface area contributed by atoms with E-state index in [2.05, 4.69) is 4.98 Å². The first-order chi connectivity index (χ1) is 7.19. The Balaban J connectivity index is 2.33. The normalized spacial score (nSPS) is 10.5. The van der Waals surface area contributed by atoms with Gasteiger partial charge in [-0.25, -0.2) is 4.98 Å². The largest absolute Gasteiger partial charge is 0.441 e. The number of esters is 1. The van der Waals surface area contributed by atoms with Crippen LogP contribution < -0.4 is 4.74 Å². The molecule has 1 aromatic heterocycles. The third-order valence-corrected chi connectivity index (χ3v) is 1.99. The van der Waals surface area contributed by atoms with Gasteiger partial charge in [-0.2, -0.15) is 0 Å². The Morgan fingerprint density at radius 2 is 2.33 bits per heavy atom. The predicted molar refractivity (Wildman–Crippen MR) is 54.7 cm³/mol. The molecule has 0 spiro atoms. The first kappa shape index (κ1) is 9.71. The van der Waals surface area contributed by atoms with Crippen molar-refractivity contribution in [2.75, 3.05) is 0 Å². The molecule has 0 aliphatic rings. The van der Waals surface area contributed by atoms with Gasteiger partial charge in [-0.05, 0) is 12.1 Å². The highest BCUT2D eigenvalue weighted by molar-refractivity contribution is 5.77. The number of aromatic nitrogens is 1. The molecular formula is C11H11NO3. The number of fused-ring (bicyclic) bond motifs is 1. The summed E-state index contributed by atoms with van der Waals surface area (Å²) < 4.78 is 10.4. The van der Waals surface area contributed by atoms with Crippen LogP contribution in [0.15, 0.2) is 22.6 Å². The molecule has 4 nitrogen and oxygen atoms in total. The highest BCUT2D eigenvalue weighted by atomic mass is 16.5. The van der Waals surface area contributed by atoms with Crippen molar-refractivity contribution in [1.82, 2.24) is 4.98 Å². The lowest BCUT2D eigenvalue weighted by molar-refractivity contribution is -0.134. The number of nitrogens with zero attached hydrogens (tertiary/aromatic N) is 1. The molecule has 1 aromatic carbocycles. The van der Waals surface area contributed by atoms with E-state index in [1.54, 1.807) is 32.0 Å². The smallest absolute Gasteiger partial charge is 0.310 e. The number of hydrogen-bond acceptors (Lipinski definition) is 4. The van der Waals surface area contributed by atoms with E-state index >= 15 is 0 Å². The zero-order valence-corrected chi connectivity index (χ0v) is 8.61. The minimum Gasteiger partial charge on any atom is -0.441 e. The minimum atomic E-state index is -0.255. The molecular weight excluding hydrogens is 194 g/mol. The zero-order valence-electron chi connectivity index (χ0n) is 8.61. The van der Waals surface area contributed by atoms with Crippen LogP contribution in [0.2, 0.25) is 0 Å². The summed E-state index contributed by atoms with van der Waals surface area (Å²) >= 11 is 0. The van der Waals surface area contributed by atoms with E-state index in [4.69, 9.17) is 9.15 Å². The molecule has 1 heterocycles. The number of hydrogen-bond donors (Lipinski definition) is 0. The van der Waals surface area contributed by atoms with Gasteiger partial charge in [0.1, 0.15) is 11.3 Å². The van der Waals surface area contributed by atoms with Gasteiger partial charge < -0.3 is 9.15 Å². The fourth-order valence-electron chi connectivity index (χ4n) is 1.29. The van der Waals surface area contributed by atoms with Crippen LogP contribution in [-0.2, 0) is 4.79 Å². The number of benzene rings is 1. The average molecular weight is 205 g/mol. The van der Waals surface area contributed by atoms with Crippen LogP contribution in [0.25, 0.3) is 11.1 Å². The number of rotatable bonds is 2. The third kappa shape index (κ3) is 1.98. The molecule has 78 valence electrons. The van der Waals surface area contributed by atoms with Gasteiger partial charge in [-0.15, -0.1) is 0 Å². The van der Waals surface area contributed by atoms with Crippen LogP contribution >= 0.6 is 0 Å². The van der Waals surface area contributed by atoms with Gasteiger partial charge in [0, 0.05) is 19.4 Å². The highest BCUT2D eigenvalue weighted by Crippen LogP contribution is 2.21. The van der Waals surface area contributed by atoms with Crippen molar-refractivity contribution < 1.29 is 13.9 Å². The Morgan fingerprint density at radius 3 is 3.07 bits per heavy atom. The van der Waals surface area contributed by atoms with E-state index in [0.717, 1.165) is 0 Å². The van der Waals surface area contributed by atoms with E-state index in [0.29, 0.717) is 29.2 Å². The molecule has 0 radical (unpaired) electrons. The van der Waals surface area contributed by atoms with Crippen molar-refractivity contribution in [2.45, 2.75) is 20.3 Å². The molecule has 0 atom stereocenters. The Morgan fingerprint density at radius 1 is 1.53 bits per heavy atom. The second-order valence-corrected chi connectivity index (χ2v) is 3.19. The summed E-state index contributed by atoms with van der Waals surface area (Å²) in [6, 6.07) is 5.13. The summed E-state index contributed by atoms with van der Waals surface area (Å²) in [6.45, 7) is 3.53. The van der Waals surface area contributed by atoms with Crippen molar-refractivity contribution in [3.63, 3.8) is 0 Å². The fourth-order valence-corrected chi connectivity index (χ4v) is 1.29. The lowest BCUT2D eigenvalue weighted by Gasteiger charge is -2.00. The van der Waals surface area contributed by atoms with Gasteiger partial charge in [0.15, 0.2) is 11.5 Å². The molecule has 0 saturated carbocycles. The summed E-state index contributed by atoms with van der Waals surface area (Å²) in [5.41, 5.74) is 1.40. The molecule has 0 aliphatic carbocycles. The summed E-state index contributed by atoms with van der Waals surface area (Å²) in [4.78, 5) is 15.2. The van der Waals surface area contributed by atoms with E-state index in [9.17, 15) is 4.79 Å². The van der Waals surface area contributed by atoms with Crippen LogP contribution in [0, 0.1) is 6.92 Å². The molecule has 0 aliphatic heterocycles. The first-order valence-corrected chi connectivity index (χ1v) is 4.77. The molecule has 0 bridgehead atoms. The molecule has 0 unspecified atom stereocenters. The van der Waals surface area contributed by atoms with Crippen molar-refractivity contribution in [3.05, 3.63) is 24.1 Å². The lowest BCUT2D eigenvalue weighted by Crippen LogP contribution is -2.05. The van der Waals surface area contributed by atoms with E-state index in [-0.39, 0.29) is 5.97 Å². The molecule has 0 saturated heterocycles. The number of carbonyl (C=O) groups excluding carboxylic acids is 1. The number of ether oxygens (including phenoxy) is 1. The number of aryl methyl sites for hydroxylation is 1. The van der Waals surface area contributed by atoms with E-state index in [1.807, 2.05) is 0 Å². The van der Waals surface area contributed by atoms with Crippen molar-refractivity contribution >= 4 is 17.1 Å². The van der Waals surface area contributed by atoms with E-state index in [1.165, 1.54) is 0 Å². The topological polar surface area (TPSA) is 52.3 Å². The van der Waals surface area contributed by atoms with Gasteiger partial charge in [0.05, 0.1) is 0 Å². The van der Waals surface area contributed by atoms with Gasteiger partial charge in [0.2, 0.25) is 0 Å². The van der Waals surface area contributed by atoms with Crippen LogP contribution in [-0.4, -0.2) is 11.0 Å². The lowest BCUT2D eigenvalue weighted by atomic mass is 10.3. The van der Waals surface area contributed by atoms with Crippen LogP contribution in [0.1, 0.15) is 19.2 Å². The molecule has 0 fully saturated rings. The Labute approximate surface area is 86.9 Å². The Hall–Kier alpha value is -1.84. The van der Waals surface area contributed by atoms with Crippen LogP contribution in [0.5, 0.6) is 5.75 Å². The summed E-state index contributed by atoms with van der Waals surface area (Å²) in [5, 5.41) is 0. The number of carbonyl (C=O) groups is 1. The standard InChI is InChI=1S/C11H11NO3/c1-3-11(13)15-8-4-5-10-9(6-8)12-7(2)14-10/h4-6H,3H2,1-2H3. The van der Waals surface area contributed by atoms with Crippen molar-refractivity contribution in [1.29, 1.82) is 0 Å². The molecule has 2 aromatic rings. The van der Waals surface area contributed by atoms with E-state index < -0.39 is 0 Å². The highest BCUT2D eigenvalue weighted by Gasteiger charge is 2.06. The molecule has 4 heteroatoms. The van der Waals surface area contributed by atoms with Gasteiger partial charge in [0.25, 0.3) is 0 Å². The summed E-state index contributed by atoms with van der Waals surface area (Å²) in [6.07, 6.45) is 0.357. The molecule has 2 rings (SSSR count). The molecule has 15 heavy (non-hydrogen) atoms. The zero-order chi connectivity index (χ0) is 10.8. The summed E-state index contributed by atoms with van der Waals surface area (Å²) in [5.74, 6) is 0.848. The monoisotopic (exact) mass is 205 g/mol. The fraction of sp³-hybridized carbons (Fsp3) is 0.273. The van der Waals surface area contributed by atoms with Crippen molar-refractivity contribution in [2.24, 2.45) is 0 Å². The van der Waals surface area contributed by atoms with Crippen molar-refractivity contribution in [3.8, 4) is 5.75 Å². The van der Waals surface area contributed by atoms with Crippen LogP contribution in [0.3, 0.4) is 0 Å². The predicted octanol–water partition coefficient (Wildman–Crippen LogP) is 2.45. The van der Waals surface area contributed by atoms with Gasteiger partial charge in [-0.3, -0.25) is 4.79 Å². The molecule has 0 N–H and O–H groups in total. The summed E-state index contributed by atoms with van der Waals surface area (Å²) in [7, 11) is 0. The maximum Gasteiger partial charge on any atom is 0.310 e. The quantitative estimate of drug-likeness (QED) is 0.558. The Bertz CT molecular complexity index is 502. The second-order valence-electron chi connectivity index (χ2n) is 3.19. The van der Waals surface area contributed by atoms with Gasteiger partial charge in [-0.1, -0.05) is 6.92 Å². The van der Waals surface area contributed by atoms with Crippen LogP contribution in [0.4, 0.5) is 0 Å². The van der Waals surface area contributed by atoms with Gasteiger partial charge >= 0.3 is 5.97 Å². The average Bonchev–Trinajstić information content (AvgIpc) is 2.57. The maximum atomic E-state index is 11.1. The minimum absolute atomic E-state index is 0.255. The second kappa shape index (κ2) is 3.73.